The standard InChI is InChI=1S/C16H15F3N6O2S/c17-16(18,19)9-22-28(26,27)13-5-3-12(4-6-13)24-15-21-8-10(7-20)14(25-15)23-11-1-2-11/h3-6,8,11,22H,1-2,9H2,(H2,21,23,24,25). The Labute approximate surface area is 158 Å². The third kappa shape index (κ3) is 5.30. The Hall–Kier alpha value is -2.91. The number of sulfonamides is 1. The first kappa shape index (κ1) is 19.8. The number of halogens is 3. The predicted molar refractivity (Wildman–Crippen MR) is 94.4 cm³/mol. The molecule has 0 spiro atoms. The van der Waals surface area contributed by atoms with E-state index in [1.54, 1.807) is 0 Å². The molecule has 0 saturated heterocycles. The van der Waals surface area contributed by atoms with Gasteiger partial charge in [-0.15, -0.1) is 0 Å². The normalized spacial score (nSPS) is 14.4. The minimum Gasteiger partial charge on any atom is -0.366 e. The van der Waals surface area contributed by atoms with Gasteiger partial charge >= 0.3 is 6.18 Å². The molecule has 0 atom stereocenters. The minimum absolute atomic E-state index is 0.188. The molecule has 0 aliphatic heterocycles. The van der Waals surface area contributed by atoms with Crippen LogP contribution in [-0.4, -0.2) is 37.1 Å². The van der Waals surface area contributed by atoms with Gasteiger partial charge in [0.1, 0.15) is 24.0 Å². The lowest BCUT2D eigenvalue weighted by Gasteiger charge is -2.11. The van der Waals surface area contributed by atoms with Crippen molar-refractivity contribution in [3.63, 3.8) is 0 Å². The first-order valence-electron chi connectivity index (χ1n) is 8.13. The van der Waals surface area contributed by atoms with E-state index in [1.807, 2.05) is 6.07 Å². The smallest absolute Gasteiger partial charge is 0.366 e. The molecule has 148 valence electrons. The van der Waals surface area contributed by atoms with E-state index >= 15 is 0 Å². The lowest BCUT2D eigenvalue weighted by Crippen LogP contribution is -2.33. The van der Waals surface area contributed by atoms with Gasteiger partial charge in [0, 0.05) is 11.7 Å². The summed E-state index contributed by atoms with van der Waals surface area (Å²) in [7, 11) is -4.28. The quantitative estimate of drug-likeness (QED) is 0.639. The summed E-state index contributed by atoms with van der Waals surface area (Å²) in [6.45, 7) is -1.65. The maximum atomic E-state index is 12.2. The summed E-state index contributed by atoms with van der Waals surface area (Å²) in [5, 5.41) is 15.1. The third-order valence-electron chi connectivity index (χ3n) is 3.71. The molecular formula is C16H15F3N6O2S. The van der Waals surface area contributed by atoms with E-state index in [0.717, 1.165) is 25.0 Å². The second-order valence-corrected chi connectivity index (χ2v) is 7.84. The van der Waals surface area contributed by atoms with Crippen molar-refractivity contribution < 1.29 is 21.6 Å². The van der Waals surface area contributed by atoms with Gasteiger partial charge in [-0.05, 0) is 37.1 Å². The van der Waals surface area contributed by atoms with E-state index in [4.69, 9.17) is 5.26 Å². The maximum Gasteiger partial charge on any atom is 0.402 e. The number of rotatable bonds is 7. The largest absolute Gasteiger partial charge is 0.402 e. The molecule has 3 N–H and O–H groups in total. The molecule has 1 fully saturated rings. The molecule has 0 radical (unpaired) electrons. The molecule has 3 rings (SSSR count). The summed E-state index contributed by atoms with van der Waals surface area (Å²) in [6, 6.07) is 7.35. The highest BCUT2D eigenvalue weighted by atomic mass is 32.2. The molecule has 1 aromatic heterocycles. The number of nitrogens with one attached hydrogen (secondary N) is 3. The number of anilines is 3. The zero-order valence-electron chi connectivity index (χ0n) is 14.3. The molecular weight excluding hydrogens is 397 g/mol. The van der Waals surface area contributed by atoms with Crippen LogP contribution in [0.4, 0.5) is 30.6 Å². The van der Waals surface area contributed by atoms with E-state index in [1.165, 1.54) is 23.1 Å². The number of alkyl halides is 3. The van der Waals surface area contributed by atoms with Gasteiger partial charge in [0.15, 0.2) is 0 Å². The molecule has 1 saturated carbocycles. The van der Waals surface area contributed by atoms with Crippen molar-refractivity contribution in [3.8, 4) is 6.07 Å². The van der Waals surface area contributed by atoms with Crippen molar-refractivity contribution in [2.24, 2.45) is 0 Å². The number of hydrogen-bond donors (Lipinski definition) is 3. The fourth-order valence-corrected chi connectivity index (χ4v) is 3.18. The second-order valence-electron chi connectivity index (χ2n) is 6.08. The molecule has 8 nitrogen and oxygen atoms in total. The van der Waals surface area contributed by atoms with Gasteiger partial charge in [0.2, 0.25) is 16.0 Å². The molecule has 0 amide bonds. The van der Waals surface area contributed by atoms with Crippen LogP contribution in [0.3, 0.4) is 0 Å². The number of aromatic nitrogens is 2. The van der Waals surface area contributed by atoms with Crippen LogP contribution in [0.15, 0.2) is 35.4 Å². The van der Waals surface area contributed by atoms with Gasteiger partial charge in [-0.3, -0.25) is 0 Å². The van der Waals surface area contributed by atoms with Crippen LogP contribution in [0.1, 0.15) is 18.4 Å². The fraction of sp³-hybridized carbons (Fsp3) is 0.312. The van der Waals surface area contributed by atoms with Crippen molar-refractivity contribution in [3.05, 3.63) is 36.0 Å². The molecule has 0 unspecified atom stereocenters. The molecule has 12 heteroatoms. The molecule has 2 aromatic rings. The molecule has 1 aliphatic carbocycles. The average Bonchev–Trinajstić information content (AvgIpc) is 3.44. The van der Waals surface area contributed by atoms with E-state index in [-0.39, 0.29) is 16.9 Å². The van der Waals surface area contributed by atoms with Crippen LogP contribution in [0.2, 0.25) is 0 Å². The predicted octanol–water partition coefficient (Wildman–Crippen LogP) is 2.51. The van der Waals surface area contributed by atoms with Gasteiger partial charge < -0.3 is 10.6 Å². The molecule has 1 aromatic carbocycles. The van der Waals surface area contributed by atoms with Crippen molar-refractivity contribution in [2.75, 3.05) is 17.2 Å². The summed E-state index contributed by atoms with van der Waals surface area (Å²) >= 11 is 0. The Morgan fingerprint density at radius 1 is 1.21 bits per heavy atom. The Kier molecular flexibility index (Phi) is 5.39. The number of nitrogens with zero attached hydrogens (tertiary/aromatic N) is 3. The zero-order chi connectivity index (χ0) is 20.4. The van der Waals surface area contributed by atoms with E-state index in [0.29, 0.717) is 17.1 Å². The van der Waals surface area contributed by atoms with Crippen molar-refractivity contribution in [2.45, 2.75) is 30.0 Å². The second kappa shape index (κ2) is 7.61. The Balaban J connectivity index is 1.71. The molecule has 1 heterocycles. The number of hydrogen-bond acceptors (Lipinski definition) is 7. The van der Waals surface area contributed by atoms with Gasteiger partial charge in [0.05, 0.1) is 11.1 Å². The zero-order valence-corrected chi connectivity index (χ0v) is 15.1. The summed E-state index contributed by atoms with van der Waals surface area (Å²) in [5.41, 5.74) is 0.728. The van der Waals surface area contributed by atoms with E-state index < -0.39 is 22.7 Å². The topological polar surface area (TPSA) is 120 Å². The van der Waals surface area contributed by atoms with Crippen molar-refractivity contribution in [1.29, 1.82) is 5.26 Å². The highest BCUT2D eigenvalue weighted by Crippen LogP contribution is 2.26. The van der Waals surface area contributed by atoms with Gasteiger partial charge in [-0.1, -0.05) is 0 Å². The molecule has 28 heavy (non-hydrogen) atoms. The Bertz CT molecular complexity index is 999. The van der Waals surface area contributed by atoms with Crippen LogP contribution in [0.25, 0.3) is 0 Å². The Morgan fingerprint density at radius 3 is 2.46 bits per heavy atom. The SMILES string of the molecule is N#Cc1cnc(Nc2ccc(S(=O)(=O)NCC(F)(F)F)cc2)nc1NC1CC1. The van der Waals surface area contributed by atoms with Crippen LogP contribution >= 0.6 is 0 Å². The maximum absolute atomic E-state index is 12.2. The van der Waals surface area contributed by atoms with Crippen molar-refractivity contribution >= 4 is 27.5 Å². The van der Waals surface area contributed by atoms with E-state index in [2.05, 4.69) is 20.6 Å². The fourth-order valence-electron chi connectivity index (χ4n) is 2.16. The lowest BCUT2D eigenvalue weighted by molar-refractivity contribution is -0.121. The monoisotopic (exact) mass is 412 g/mol. The van der Waals surface area contributed by atoms with Crippen molar-refractivity contribution in [1.82, 2.24) is 14.7 Å². The highest BCUT2D eigenvalue weighted by Gasteiger charge is 2.30. The number of benzene rings is 1. The number of nitriles is 1. The molecule has 0 bridgehead atoms. The van der Waals surface area contributed by atoms with Crippen LogP contribution in [0, 0.1) is 11.3 Å². The lowest BCUT2D eigenvalue weighted by atomic mass is 10.3. The summed E-state index contributed by atoms with van der Waals surface area (Å²) in [6.07, 6.45) is -1.29. The van der Waals surface area contributed by atoms with E-state index in [9.17, 15) is 21.6 Å². The van der Waals surface area contributed by atoms with Gasteiger partial charge in [-0.25, -0.2) is 18.1 Å². The highest BCUT2D eigenvalue weighted by molar-refractivity contribution is 7.89. The van der Waals surface area contributed by atoms with Crippen LogP contribution in [0.5, 0.6) is 0 Å². The van der Waals surface area contributed by atoms with Crippen LogP contribution < -0.4 is 15.4 Å². The average molecular weight is 412 g/mol. The first-order chi connectivity index (χ1) is 13.2. The van der Waals surface area contributed by atoms with Crippen LogP contribution in [-0.2, 0) is 10.0 Å². The van der Waals surface area contributed by atoms with Gasteiger partial charge in [-0.2, -0.15) is 23.4 Å². The summed E-state index contributed by atoms with van der Waals surface area (Å²) < 4.78 is 61.9. The summed E-state index contributed by atoms with van der Waals surface area (Å²) in [5.74, 6) is 0.589. The Morgan fingerprint density at radius 2 is 1.89 bits per heavy atom. The molecule has 1 aliphatic rings. The minimum atomic E-state index is -4.65. The van der Waals surface area contributed by atoms with Gasteiger partial charge in [0.25, 0.3) is 0 Å². The first-order valence-corrected chi connectivity index (χ1v) is 9.62. The summed E-state index contributed by atoms with van der Waals surface area (Å²) in [4.78, 5) is 7.95. The third-order valence-corrected chi connectivity index (χ3v) is 5.13.